The fourth-order valence-electron chi connectivity index (χ4n) is 3.13. The highest BCUT2D eigenvalue weighted by atomic mass is 35.5. The zero-order chi connectivity index (χ0) is 17.5. The summed E-state index contributed by atoms with van der Waals surface area (Å²) in [4.78, 5) is 14.1. The van der Waals surface area contributed by atoms with Crippen molar-refractivity contribution < 1.29 is 21.6 Å². The van der Waals surface area contributed by atoms with Gasteiger partial charge in [0.25, 0.3) is 5.91 Å². The summed E-state index contributed by atoms with van der Waals surface area (Å²) >= 11 is 6.09. The normalized spacial score (nSPS) is 23.5. The molecule has 0 radical (unpaired) electrons. The molecule has 1 aromatic carbocycles. The molecule has 3 rings (SSSR count). The Morgan fingerprint density at radius 2 is 1.88 bits per heavy atom. The molecular weight excluding hydrogens is 374 g/mol. The summed E-state index contributed by atoms with van der Waals surface area (Å²) in [5, 5.41) is -0.761. The van der Waals surface area contributed by atoms with Crippen LogP contribution >= 0.6 is 11.6 Å². The topological polar surface area (TPSA) is 88.6 Å². The number of halogens is 1. The van der Waals surface area contributed by atoms with Crippen LogP contribution in [0.2, 0.25) is 5.02 Å². The molecule has 1 unspecified atom stereocenters. The van der Waals surface area contributed by atoms with Gasteiger partial charge in [0.15, 0.2) is 19.7 Å². The van der Waals surface area contributed by atoms with Crippen LogP contribution in [-0.4, -0.2) is 57.5 Å². The van der Waals surface area contributed by atoms with Gasteiger partial charge in [-0.15, -0.1) is 0 Å². The molecule has 0 N–H and O–H groups in total. The maximum atomic E-state index is 12.7. The van der Waals surface area contributed by atoms with Gasteiger partial charge in [0.1, 0.15) is 0 Å². The van der Waals surface area contributed by atoms with Gasteiger partial charge >= 0.3 is 0 Å². The standard InChI is InChI=1S/C15H18ClNO5S2/c16-14-4-3-11(9-13(14)15(18)17-6-1-2-7-17)24(21,22)12-5-8-23(19,20)10-12/h3-4,9,12H,1-2,5-8,10H2. The van der Waals surface area contributed by atoms with Gasteiger partial charge in [-0.1, -0.05) is 11.6 Å². The Labute approximate surface area is 146 Å². The minimum absolute atomic E-state index is 0.0449. The fraction of sp³-hybridized carbons (Fsp3) is 0.533. The summed E-state index contributed by atoms with van der Waals surface area (Å²) in [5.74, 6) is -0.772. The molecule has 2 heterocycles. The molecular formula is C15H18ClNO5S2. The molecule has 9 heteroatoms. The Balaban J connectivity index is 1.94. The molecule has 2 saturated heterocycles. The van der Waals surface area contributed by atoms with Crippen molar-refractivity contribution >= 4 is 37.2 Å². The molecule has 132 valence electrons. The maximum Gasteiger partial charge on any atom is 0.255 e. The lowest BCUT2D eigenvalue weighted by molar-refractivity contribution is 0.0792. The molecule has 0 saturated carbocycles. The number of hydrogen-bond donors (Lipinski definition) is 0. The number of sulfone groups is 2. The molecule has 0 aliphatic carbocycles. The Hall–Kier alpha value is -1.12. The second kappa shape index (κ2) is 6.31. The van der Waals surface area contributed by atoms with Gasteiger partial charge < -0.3 is 4.90 Å². The van der Waals surface area contributed by atoms with Crippen LogP contribution in [0, 0.1) is 0 Å². The van der Waals surface area contributed by atoms with Gasteiger partial charge in [-0.3, -0.25) is 4.79 Å². The molecule has 0 bridgehead atoms. The van der Waals surface area contributed by atoms with E-state index in [2.05, 4.69) is 0 Å². The molecule has 0 spiro atoms. The molecule has 1 aromatic rings. The third-order valence-corrected chi connectivity index (χ3v) is 9.02. The number of likely N-dealkylation sites (tertiary alicyclic amines) is 1. The van der Waals surface area contributed by atoms with E-state index in [1.165, 1.54) is 18.2 Å². The molecule has 2 aliphatic rings. The van der Waals surface area contributed by atoms with E-state index in [1.54, 1.807) is 4.90 Å². The summed E-state index contributed by atoms with van der Waals surface area (Å²) in [6.45, 7) is 1.26. The third kappa shape index (κ3) is 3.32. The number of carbonyl (C=O) groups is 1. The van der Waals surface area contributed by atoms with Crippen molar-refractivity contribution in [1.82, 2.24) is 4.90 Å². The number of benzene rings is 1. The first-order valence-electron chi connectivity index (χ1n) is 7.74. The van der Waals surface area contributed by atoms with Crippen molar-refractivity contribution in [1.29, 1.82) is 0 Å². The number of rotatable bonds is 3. The molecule has 6 nitrogen and oxygen atoms in total. The van der Waals surface area contributed by atoms with E-state index in [0.29, 0.717) is 13.1 Å². The van der Waals surface area contributed by atoms with E-state index in [1.807, 2.05) is 0 Å². The maximum absolute atomic E-state index is 12.7. The smallest absolute Gasteiger partial charge is 0.255 e. The lowest BCUT2D eigenvalue weighted by Crippen LogP contribution is -2.28. The lowest BCUT2D eigenvalue weighted by atomic mass is 10.2. The number of carbonyl (C=O) groups excluding carboxylic acids is 1. The molecule has 2 fully saturated rings. The van der Waals surface area contributed by atoms with Crippen molar-refractivity contribution in [3.63, 3.8) is 0 Å². The zero-order valence-corrected chi connectivity index (χ0v) is 15.3. The quantitative estimate of drug-likeness (QED) is 0.779. The fourth-order valence-corrected chi connectivity index (χ4v) is 7.72. The largest absolute Gasteiger partial charge is 0.339 e. The van der Waals surface area contributed by atoms with Crippen molar-refractivity contribution in [2.45, 2.75) is 29.4 Å². The highest BCUT2D eigenvalue weighted by Crippen LogP contribution is 2.29. The van der Waals surface area contributed by atoms with Gasteiger partial charge in [0.2, 0.25) is 0 Å². The second-order valence-electron chi connectivity index (χ2n) is 6.21. The number of hydrogen-bond acceptors (Lipinski definition) is 5. The predicted octanol–water partition coefficient (Wildman–Crippen LogP) is 1.54. The Morgan fingerprint density at radius 1 is 1.21 bits per heavy atom. The molecule has 24 heavy (non-hydrogen) atoms. The molecule has 1 amide bonds. The minimum atomic E-state index is -3.81. The van der Waals surface area contributed by atoms with Gasteiger partial charge in [-0.2, -0.15) is 0 Å². The van der Waals surface area contributed by atoms with Crippen molar-refractivity contribution in [3.8, 4) is 0 Å². The van der Waals surface area contributed by atoms with Crippen LogP contribution in [0.15, 0.2) is 23.1 Å². The Bertz CT molecular complexity index is 873. The highest BCUT2D eigenvalue weighted by Gasteiger charge is 2.38. The monoisotopic (exact) mass is 391 g/mol. The number of amides is 1. The second-order valence-corrected chi connectivity index (χ2v) is 11.1. The van der Waals surface area contributed by atoms with E-state index < -0.39 is 24.9 Å². The summed E-state index contributed by atoms with van der Waals surface area (Å²) in [5.41, 5.74) is 0.153. The first-order chi connectivity index (χ1) is 11.2. The van der Waals surface area contributed by atoms with Crippen LogP contribution in [0.1, 0.15) is 29.6 Å². The average molecular weight is 392 g/mol. The van der Waals surface area contributed by atoms with E-state index in [0.717, 1.165) is 12.8 Å². The van der Waals surface area contributed by atoms with E-state index in [-0.39, 0.29) is 39.3 Å². The van der Waals surface area contributed by atoms with Gasteiger partial charge in [0, 0.05) is 13.1 Å². The van der Waals surface area contributed by atoms with Crippen LogP contribution in [0.5, 0.6) is 0 Å². The van der Waals surface area contributed by atoms with Crippen LogP contribution in [0.3, 0.4) is 0 Å². The zero-order valence-electron chi connectivity index (χ0n) is 12.9. The van der Waals surface area contributed by atoms with E-state index in [9.17, 15) is 21.6 Å². The first-order valence-corrected chi connectivity index (χ1v) is 11.5. The molecule has 1 atom stereocenters. The first kappa shape index (κ1) is 17.7. The predicted molar refractivity (Wildman–Crippen MR) is 90.8 cm³/mol. The summed E-state index contributed by atoms with van der Waals surface area (Å²) in [6.07, 6.45) is 1.92. The SMILES string of the molecule is O=C(c1cc(S(=O)(=O)C2CCS(=O)(=O)C2)ccc1Cl)N1CCCC1. The number of nitrogens with zero attached hydrogens (tertiary/aromatic N) is 1. The summed E-state index contributed by atoms with van der Waals surface area (Å²) < 4.78 is 48.5. The average Bonchev–Trinajstić information content (AvgIpc) is 3.16. The molecule has 2 aliphatic heterocycles. The lowest BCUT2D eigenvalue weighted by Gasteiger charge is -2.17. The minimum Gasteiger partial charge on any atom is -0.339 e. The Kier molecular flexibility index (Phi) is 4.65. The summed E-state index contributed by atoms with van der Waals surface area (Å²) in [7, 11) is -7.13. The van der Waals surface area contributed by atoms with Crippen LogP contribution in [-0.2, 0) is 19.7 Å². The van der Waals surface area contributed by atoms with Crippen molar-refractivity contribution in [3.05, 3.63) is 28.8 Å². The van der Waals surface area contributed by atoms with E-state index in [4.69, 9.17) is 11.6 Å². The van der Waals surface area contributed by atoms with Crippen LogP contribution in [0.25, 0.3) is 0 Å². The van der Waals surface area contributed by atoms with Crippen LogP contribution in [0.4, 0.5) is 0 Å². The highest BCUT2D eigenvalue weighted by molar-refractivity contribution is 7.96. The van der Waals surface area contributed by atoms with Crippen molar-refractivity contribution in [2.75, 3.05) is 24.6 Å². The summed E-state index contributed by atoms with van der Waals surface area (Å²) in [6, 6.07) is 4.01. The van der Waals surface area contributed by atoms with Gasteiger partial charge in [-0.05, 0) is 37.5 Å². The third-order valence-electron chi connectivity index (χ3n) is 4.52. The molecule has 0 aromatic heterocycles. The van der Waals surface area contributed by atoms with Gasteiger partial charge in [-0.25, -0.2) is 16.8 Å². The Morgan fingerprint density at radius 3 is 2.46 bits per heavy atom. The van der Waals surface area contributed by atoms with Gasteiger partial charge in [0.05, 0.1) is 32.2 Å². The van der Waals surface area contributed by atoms with E-state index >= 15 is 0 Å². The van der Waals surface area contributed by atoms with Crippen molar-refractivity contribution in [2.24, 2.45) is 0 Å². The van der Waals surface area contributed by atoms with Crippen LogP contribution < -0.4 is 0 Å².